The van der Waals surface area contributed by atoms with Crippen molar-refractivity contribution >= 4 is 34.2 Å². The average Bonchev–Trinajstić information content (AvgIpc) is 2.84. The molecule has 0 saturated carbocycles. The van der Waals surface area contributed by atoms with Crippen LogP contribution in [0.15, 0.2) is 5.38 Å². The van der Waals surface area contributed by atoms with E-state index in [4.69, 9.17) is 0 Å². The van der Waals surface area contributed by atoms with Crippen molar-refractivity contribution in [3.8, 4) is 0 Å². The Morgan fingerprint density at radius 2 is 2.11 bits per heavy atom. The van der Waals surface area contributed by atoms with Crippen LogP contribution < -0.4 is 5.32 Å². The summed E-state index contributed by atoms with van der Waals surface area (Å²) in [5, 5.41) is 5.01. The van der Waals surface area contributed by atoms with Crippen LogP contribution in [0.3, 0.4) is 0 Å². The van der Waals surface area contributed by atoms with E-state index in [1.54, 1.807) is 0 Å². The Labute approximate surface area is 108 Å². The first-order valence-electron chi connectivity index (χ1n) is 5.61. The molecule has 0 spiro atoms. The fraction of sp³-hybridized carbons (Fsp3) is 0.455. The zero-order valence-corrected chi connectivity index (χ0v) is 10.7. The summed E-state index contributed by atoms with van der Waals surface area (Å²) in [5.41, 5.74) is 0.847. The number of likely N-dealkylation sites (tertiary alicyclic amines) is 1. The zero-order valence-electron chi connectivity index (χ0n) is 9.93. The molecular formula is C11H13N3O3S. The number of hydrogen-bond acceptors (Lipinski definition) is 5. The summed E-state index contributed by atoms with van der Waals surface area (Å²) in [4.78, 5) is 39.5. The van der Waals surface area contributed by atoms with Gasteiger partial charge in [-0.15, -0.1) is 11.3 Å². The van der Waals surface area contributed by atoms with Crippen LogP contribution in [0.25, 0.3) is 0 Å². The fourth-order valence-electron chi connectivity index (χ4n) is 1.68. The van der Waals surface area contributed by atoms with Crippen LogP contribution in [0.5, 0.6) is 0 Å². The van der Waals surface area contributed by atoms with Crippen molar-refractivity contribution in [2.45, 2.75) is 26.2 Å². The first-order chi connectivity index (χ1) is 8.56. The Morgan fingerprint density at radius 1 is 1.44 bits per heavy atom. The lowest BCUT2D eigenvalue weighted by molar-refractivity contribution is -0.138. The van der Waals surface area contributed by atoms with Gasteiger partial charge in [-0.3, -0.25) is 19.3 Å². The number of carbonyl (C=O) groups is 3. The number of thiazole rings is 1. The molecule has 1 aliphatic rings. The third-order valence-electron chi connectivity index (χ3n) is 2.58. The summed E-state index contributed by atoms with van der Waals surface area (Å²) in [6.45, 7) is 1.99. The molecular weight excluding hydrogens is 254 g/mol. The van der Waals surface area contributed by atoms with E-state index in [0.717, 1.165) is 10.6 Å². The van der Waals surface area contributed by atoms with Gasteiger partial charge in [0.15, 0.2) is 5.13 Å². The highest BCUT2D eigenvalue weighted by Gasteiger charge is 2.28. The number of anilines is 1. The molecule has 0 radical (unpaired) electrons. The SMILES string of the molecule is Cc1csc(NC(=O)CCN2C(=O)CCC2=O)n1. The van der Waals surface area contributed by atoms with Gasteiger partial charge in [-0.2, -0.15) is 0 Å². The van der Waals surface area contributed by atoms with Crippen LogP contribution >= 0.6 is 11.3 Å². The number of hydrogen-bond donors (Lipinski definition) is 1. The fourth-order valence-corrected chi connectivity index (χ4v) is 2.38. The number of aryl methyl sites for hydroxylation is 1. The van der Waals surface area contributed by atoms with Crippen molar-refractivity contribution in [2.24, 2.45) is 0 Å². The van der Waals surface area contributed by atoms with E-state index in [9.17, 15) is 14.4 Å². The number of nitrogens with zero attached hydrogens (tertiary/aromatic N) is 2. The maximum absolute atomic E-state index is 11.6. The summed E-state index contributed by atoms with van der Waals surface area (Å²) in [6, 6.07) is 0. The lowest BCUT2D eigenvalue weighted by Gasteiger charge is -2.12. The topological polar surface area (TPSA) is 79.4 Å². The number of aromatic nitrogens is 1. The molecule has 6 nitrogen and oxygen atoms in total. The summed E-state index contributed by atoms with van der Waals surface area (Å²) in [7, 11) is 0. The molecule has 3 amide bonds. The highest BCUT2D eigenvalue weighted by Crippen LogP contribution is 2.15. The van der Waals surface area contributed by atoms with Crippen molar-refractivity contribution in [1.29, 1.82) is 0 Å². The van der Waals surface area contributed by atoms with Gasteiger partial charge in [0.05, 0.1) is 5.69 Å². The van der Waals surface area contributed by atoms with Gasteiger partial charge in [-0.25, -0.2) is 4.98 Å². The van der Waals surface area contributed by atoms with Crippen molar-refractivity contribution in [3.63, 3.8) is 0 Å². The number of amides is 3. The lowest BCUT2D eigenvalue weighted by Crippen LogP contribution is -2.32. The molecule has 1 saturated heterocycles. The van der Waals surface area contributed by atoms with Gasteiger partial charge in [0, 0.05) is 31.2 Å². The number of carbonyl (C=O) groups excluding carboxylic acids is 3. The summed E-state index contributed by atoms with van der Waals surface area (Å²) in [5.74, 6) is -0.632. The molecule has 1 N–H and O–H groups in total. The molecule has 7 heteroatoms. The molecule has 1 aromatic rings. The molecule has 1 fully saturated rings. The van der Waals surface area contributed by atoms with E-state index < -0.39 is 0 Å². The highest BCUT2D eigenvalue weighted by atomic mass is 32.1. The molecule has 0 bridgehead atoms. The summed E-state index contributed by atoms with van der Waals surface area (Å²) in [6.07, 6.45) is 0.619. The molecule has 0 unspecified atom stereocenters. The van der Waals surface area contributed by atoms with Gasteiger partial charge >= 0.3 is 0 Å². The van der Waals surface area contributed by atoms with Crippen molar-refractivity contribution in [1.82, 2.24) is 9.88 Å². The minimum absolute atomic E-state index is 0.107. The Morgan fingerprint density at radius 3 is 2.67 bits per heavy atom. The Bertz CT molecular complexity index is 481. The third-order valence-corrected chi connectivity index (χ3v) is 3.46. The van der Waals surface area contributed by atoms with Crippen LogP contribution in [-0.2, 0) is 14.4 Å². The molecule has 2 heterocycles. The van der Waals surface area contributed by atoms with E-state index in [1.165, 1.54) is 11.3 Å². The molecule has 0 atom stereocenters. The van der Waals surface area contributed by atoms with Crippen molar-refractivity contribution in [2.75, 3.05) is 11.9 Å². The van der Waals surface area contributed by atoms with E-state index in [1.807, 2.05) is 12.3 Å². The van der Waals surface area contributed by atoms with E-state index in [2.05, 4.69) is 10.3 Å². The van der Waals surface area contributed by atoms with Crippen LogP contribution in [0.4, 0.5) is 5.13 Å². The largest absolute Gasteiger partial charge is 0.302 e. The number of rotatable bonds is 4. The molecule has 0 aliphatic carbocycles. The minimum Gasteiger partial charge on any atom is -0.302 e. The predicted octanol–water partition coefficient (Wildman–Crippen LogP) is 0.929. The first kappa shape index (κ1) is 12.7. The quantitative estimate of drug-likeness (QED) is 0.823. The van der Waals surface area contributed by atoms with Gasteiger partial charge in [0.25, 0.3) is 0 Å². The van der Waals surface area contributed by atoms with Crippen molar-refractivity contribution in [3.05, 3.63) is 11.1 Å². The van der Waals surface area contributed by atoms with Gasteiger partial charge in [-0.1, -0.05) is 0 Å². The molecule has 1 aromatic heterocycles. The zero-order chi connectivity index (χ0) is 13.1. The van der Waals surface area contributed by atoms with E-state index in [0.29, 0.717) is 5.13 Å². The molecule has 0 aromatic carbocycles. The lowest BCUT2D eigenvalue weighted by atomic mass is 10.3. The van der Waals surface area contributed by atoms with Crippen LogP contribution in [-0.4, -0.2) is 34.2 Å². The Balaban J connectivity index is 1.81. The Kier molecular flexibility index (Phi) is 3.71. The monoisotopic (exact) mass is 267 g/mol. The van der Waals surface area contributed by atoms with Crippen LogP contribution in [0.1, 0.15) is 25.0 Å². The average molecular weight is 267 g/mol. The maximum Gasteiger partial charge on any atom is 0.229 e. The second-order valence-electron chi connectivity index (χ2n) is 4.03. The molecule has 2 rings (SSSR count). The predicted molar refractivity (Wildman–Crippen MR) is 66.1 cm³/mol. The Hall–Kier alpha value is -1.76. The second-order valence-corrected chi connectivity index (χ2v) is 4.89. The first-order valence-corrected chi connectivity index (χ1v) is 6.49. The normalized spacial score (nSPS) is 15.3. The highest BCUT2D eigenvalue weighted by molar-refractivity contribution is 7.13. The molecule has 1 aliphatic heterocycles. The van der Waals surface area contributed by atoms with Crippen LogP contribution in [0.2, 0.25) is 0 Å². The summed E-state index contributed by atoms with van der Waals surface area (Å²) < 4.78 is 0. The second kappa shape index (κ2) is 5.26. The van der Waals surface area contributed by atoms with Gasteiger partial charge in [0.1, 0.15) is 0 Å². The number of imide groups is 1. The van der Waals surface area contributed by atoms with Crippen molar-refractivity contribution < 1.29 is 14.4 Å². The van der Waals surface area contributed by atoms with Crippen LogP contribution in [0, 0.1) is 6.92 Å². The van der Waals surface area contributed by atoms with Gasteiger partial charge in [0.2, 0.25) is 17.7 Å². The van der Waals surface area contributed by atoms with Gasteiger partial charge < -0.3 is 5.32 Å². The smallest absolute Gasteiger partial charge is 0.229 e. The number of nitrogens with one attached hydrogen (secondary N) is 1. The summed E-state index contributed by atoms with van der Waals surface area (Å²) >= 11 is 1.35. The third kappa shape index (κ3) is 2.92. The van der Waals surface area contributed by atoms with E-state index in [-0.39, 0.29) is 43.5 Å². The maximum atomic E-state index is 11.6. The van der Waals surface area contributed by atoms with Gasteiger partial charge in [-0.05, 0) is 6.92 Å². The minimum atomic E-state index is -0.239. The molecule has 18 heavy (non-hydrogen) atoms. The molecule has 96 valence electrons. The van der Waals surface area contributed by atoms with E-state index >= 15 is 0 Å². The standard InChI is InChI=1S/C11H13N3O3S/c1-7-6-18-11(12-7)13-8(15)4-5-14-9(16)2-3-10(14)17/h6H,2-5H2,1H3,(H,12,13,15).